The van der Waals surface area contributed by atoms with Gasteiger partial charge in [-0.3, -0.25) is 4.79 Å². The lowest BCUT2D eigenvalue weighted by Crippen LogP contribution is -2.31. The van der Waals surface area contributed by atoms with Crippen LogP contribution in [0.2, 0.25) is 0 Å². The van der Waals surface area contributed by atoms with Crippen LogP contribution in [0.1, 0.15) is 38.0 Å². The molecule has 2 N–H and O–H groups in total. The van der Waals surface area contributed by atoms with E-state index in [0.717, 1.165) is 5.56 Å². The third kappa shape index (κ3) is 5.30. The van der Waals surface area contributed by atoms with Gasteiger partial charge >= 0.3 is 0 Å². The summed E-state index contributed by atoms with van der Waals surface area (Å²) in [6.45, 7) is 8.31. The summed E-state index contributed by atoms with van der Waals surface area (Å²) in [7, 11) is 0. The quantitative estimate of drug-likeness (QED) is 0.829. The fraction of sp³-hybridized carbons (Fsp3) is 0.533. The number of hydrogen-bond acceptors (Lipinski definition) is 3. The van der Waals surface area contributed by atoms with Crippen LogP contribution in [0, 0.1) is 12.8 Å². The molecule has 1 atom stereocenters. The van der Waals surface area contributed by atoms with E-state index < -0.39 is 6.10 Å². The van der Waals surface area contributed by atoms with Crippen LogP contribution < -0.4 is 10.1 Å². The third-order valence-electron chi connectivity index (χ3n) is 2.68. The van der Waals surface area contributed by atoms with Crippen LogP contribution in [0.4, 0.5) is 0 Å². The molecule has 1 aromatic carbocycles. The van der Waals surface area contributed by atoms with Gasteiger partial charge in [-0.1, -0.05) is 25.5 Å². The number of aliphatic hydroxyl groups excluding tert-OH is 1. The average Bonchev–Trinajstić information content (AvgIpc) is 2.34. The molecule has 0 fully saturated rings. The molecule has 0 saturated carbocycles. The Morgan fingerprint density at radius 1 is 1.37 bits per heavy atom. The number of nitrogens with one attached hydrogen (secondary N) is 1. The van der Waals surface area contributed by atoms with Gasteiger partial charge in [-0.2, -0.15) is 0 Å². The predicted molar refractivity (Wildman–Crippen MR) is 75.2 cm³/mol. The molecule has 106 valence electrons. The third-order valence-corrected chi connectivity index (χ3v) is 2.68. The van der Waals surface area contributed by atoms with Crippen molar-refractivity contribution in [2.75, 3.05) is 13.2 Å². The van der Waals surface area contributed by atoms with Gasteiger partial charge < -0.3 is 15.2 Å². The summed E-state index contributed by atoms with van der Waals surface area (Å²) in [5.41, 5.74) is 1.75. The van der Waals surface area contributed by atoms with Crippen LogP contribution in [0.5, 0.6) is 5.75 Å². The molecule has 0 radical (unpaired) electrons. The van der Waals surface area contributed by atoms with Gasteiger partial charge in [0, 0.05) is 12.1 Å². The number of amides is 1. The molecular formula is C15H23NO3. The van der Waals surface area contributed by atoms with E-state index in [1.807, 2.05) is 32.9 Å². The smallest absolute Gasteiger partial charge is 0.257 e. The monoisotopic (exact) mass is 265 g/mol. The molecule has 0 bridgehead atoms. The van der Waals surface area contributed by atoms with Crippen molar-refractivity contribution < 1.29 is 14.6 Å². The molecule has 1 rings (SSSR count). The normalized spacial score (nSPS) is 12.3. The zero-order valence-electron chi connectivity index (χ0n) is 12.1. The lowest BCUT2D eigenvalue weighted by Gasteiger charge is -2.14. The first kappa shape index (κ1) is 15.5. The van der Waals surface area contributed by atoms with Crippen LogP contribution in [-0.4, -0.2) is 24.2 Å². The summed E-state index contributed by atoms with van der Waals surface area (Å²) in [5.74, 6) is 0.822. The second-order valence-corrected chi connectivity index (χ2v) is 5.20. The highest BCUT2D eigenvalue weighted by molar-refractivity contribution is 5.77. The van der Waals surface area contributed by atoms with E-state index in [2.05, 4.69) is 5.32 Å². The van der Waals surface area contributed by atoms with Crippen molar-refractivity contribution in [1.29, 1.82) is 0 Å². The number of ether oxygens (including phenoxy) is 1. The van der Waals surface area contributed by atoms with Gasteiger partial charge in [0.05, 0.1) is 6.10 Å². The maximum Gasteiger partial charge on any atom is 0.257 e. The van der Waals surface area contributed by atoms with Crippen LogP contribution in [0.25, 0.3) is 0 Å². The maximum absolute atomic E-state index is 11.6. The van der Waals surface area contributed by atoms with Crippen LogP contribution in [0.15, 0.2) is 18.2 Å². The van der Waals surface area contributed by atoms with E-state index in [1.165, 1.54) is 0 Å². The minimum absolute atomic E-state index is 0.0322. The minimum atomic E-state index is -0.617. The van der Waals surface area contributed by atoms with Crippen molar-refractivity contribution in [3.05, 3.63) is 29.3 Å². The Labute approximate surface area is 114 Å². The van der Waals surface area contributed by atoms with Gasteiger partial charge in [-0.25, -0.2) is 0 Å². The summed E-state index contributed by atoms with van der Waals surface area (Å²) >= 11 is 0. The minimum Gasteiger partial charge on any atom is -0.483 e. The van der Waals surface area contributed by atoms with Gasteiger partial charge in [0.1, 0.15) is 5.75 Å². The van der Waals surface area contributed by atoms with E-state index >= 15 is 0 Å². The van der Waals surface area contributed by atoms with Crippen molar-refractivity contribution in [1.82, 2.24) is 5.32 Å². The van der Waals surface area contributed by atoms with Crippen molar-refractivity contribution in [2.45, 2.75) is 33.8 Å². The Morgan fingerprint density at radius 3 is 2.63 bits per heavy atom. The number of rotatable bonds is 6. The van der Waals surface area contributed by atoms with Gasteiger partial charge in [0.2, 0.25) is 0 Å². The Morgan fingerprint density at radius 2 is 2.05 bits per heavy atom. The molecule has 4 heteroatoms. The number of carbonyl (C=O) groups is 1. The maximum atomic E-state index is 11.6. The molecule has 0 aliphatic heterocycles. The van der Waals surface area contributed by atoms with Crippen molar-refractivity contribution >= 4 is 5.91 Å². The van der Waals surface area contributed by atoms with Gasteiger partial charge in [0.15, 0.2) is 6.61 Å². The summed E-state index contributed by atoms with van der Waals surface area (Å²) in [5, 5.41) is 12.5. The van der Waals surface area contributed by atoms with Crippen LogP contribution in [-0.2, 0) is 4.79 Å². The molecule has 0 saturated heterocycles. The largest absolute Gasteiger partial charge is 0.483 e. The lowest BCUT2D eigenvalue weighted by molar-refractivity contribution is -0.123. The molecule has 1 amide bonds. The Balaban J connectivity index is 2.60. The number of hydrogen-bond donors (Lipinski definition) is 2. The molecule has 19 heavy (non-hydrogen) atoms. The molecular weight excluding hydrogens is 242 g/mol. The number of aliphatic hydroxyl groups is 1. The molecule has 0 spiro atoms. The van der Waals surface area contributed by atoms with Gasteiger partial charge in [0.25, 0.3) is 5.91 Å². The Kier molecular flexibility index (Phi) is 5.83. The Bertz CT molecular complexity index is 427. The Hall–Kier alpha value is -1.55. The predicted octanol–water partition coefficient (Wildman–Crippen LogP) is 2.20. The fourth-order valence-corrected chi connectivity index (χ4v) is 1.64. The summed E-state index contributed by atoms with van der Waals surface area (Å²) in [6, 6.07) is 5.55. The summed E-state index contributed by atoms with van der Waals surface area (Å²) in [6.07, 6.45) is -0.617. The SMILES string of the molecule is Cc1ccc(OCC(=O)NCC(C)C)c([C@@H](C)O)c1. The van der Waals surface area contributed by atoms with Crippen molar-refractivity contribution in [2.24, 2.45) is 5.92 Å². The van der Waals surface area contributed by atoms with E-state index in [-0.39, 0.29) is 12.5 Å². The second kappa shape index (κ2) is 7.14. The topological polar surface area (TPSA) is 58.6 Å². The molecule has 0 aliphatic rings. The highest BCUT2D eigenvalue weighted by Crippen LogP contribution is 2.26. The molecule has 4 nitrogen and oxygen atoms in total. The van der Waals surface area contributed by atoms with Crippen LogP contribution in [0.3, 0.4) is 0 Å². The van der Waals surface area contributed by atoms with E-state index in [1.54, 1.807) is 13.0 Å². The first-order valence-electron chi connectivity index (χ1n) is 6.58. The molecule has 0 aliphatic carbocycles. The number of carbonyl (C=O) groups excluding carboxylic acids is 1. The average molecular weight is 265 g/mol. The molecule has 1 aromatic rings. The van der Waals surface area contributed by atoms with E-state index in [4.69, 9.17) is 4.74 Å². The van der Waals surface area contributed by atoms with Crippen LogP contribution >= 0.6 is 0 Å². The van der Waals surface area contributed by atoms with Gasteiger partial charge in [-0.05, 0) is 31.9 Å². The standard InChI is InChI=1S/C15H23NO3/c1-10(2)8-16-15(18)9-19-14-6-5-11(3)7-13(14)12(4)17/h5-7,10,12,17H,8-9H2,1-4H3,(H,16,18)/t12-/m1/s1. The van der Waals surface area contributed by atoms with E-state index in [9.17, 15) is 9.90 Å². The van der Waals surface area contributed by atoms with Gasteiger partial charge in [-0.15, -0.1) is 0 Å². The second-order valence-electron chi connectivity index (χ2n) is 5.20. The molecule has 0 unspecified atom stereocenters. The first-order valence-corrected chi connectivity index (χ1v) is 6.58. The summed E-state index contributed by atoms with van der Waals surface area (Å²) < 4.78 is 5.48. The molecule has 0 heterocycles. The summed E-state index contributed by atoms with van der Waals surface area (Å²) in [4.78, 5) is 11.6. The highest BCUT2D eigenvalue weighted by Gasteiger charge is 2.11. The van der Waals surface area contributed by atoms with E-state index in [0.29, 0.717) is 23.8 Å². The fourth-order valence-electron chi connectivity index (χ4n) is 1.64. The lowest BCUT2D eigenvalue weighted by atomic mass is 10.1. The zero-order valence-corrected chi connectivity index (χ0v) is 12.1. The molecule has 0 aromatic heterocycles. The van der Waals surface area contributed by atoms with Crippen molar-refractivity contribution in [3.63, 3.8) is 0 Å². The number of benzene rings is 1. The van der Waals surface area contributed by atoms with Crippen molar-refractivity contribution in [3.8, 4) is 5.75 Å². The zero-order chi connectivity index (χ0) is 14.4. The number of aryl methyl sites for hydroxylation is 1. The highest BCUT2D eigenvalue weighted by atomic mass is 16.5. The first-order chi connectivity index (χ1) is 8.90.